The Morgan fingerprint density at radius 1 is 1.26 bits per heavy atom. The van der Waals surface area contributed by atoms with Crippen molar-refractivity contribution in [3.05, 3.63) is 35.4 Å². The van der Waals surface area contributed by atoms with Crippen LogP contribution in [0.2, 0.25) is 0 Å². The average Bonchev–Trinajstić information content (AvgIpc) is 2.69. The molecule has 0 radical (unpaired) electrons. The summed E-state index contributed by atoms with van der Waals surface area (Å²) in [5.41, 5.74) is 2.26. The summed E-state index contributed by atoms with van der Waals surface area (Å²) < 4.78 is 10.2. The minimum absolute atomic E-state index is 0.188. The number of nitrogens with zero attached hydrogens (tertiary/aromatic N) is 1. The molecule has 0 aliphatic carbocycles. The lowest BCUT2D eigenvalue weighted by atomic mass is 10.0. The third-order valence-corrected chi connectivity index (χ3v) is 3.39. The second-order valence-corrected chi connectivity index (χ2v) is 4.76. The molecule has 0 aromatic heterocycles. The second kappa shape index (κ2) is 7.26. The van der Waals surface area contributed by atoms with E-state index >= 15 is 0 Å². The number of methoxy groups -OCH3 is 1. The highest BCUT2D eigenvalue weighted by Gasteiger charge is 2.13. The minimum atomic E-state index is -0.188. The lowest BCUT2D eigenvalue weighted by molar-refractivity contribution is -0.139. The van der Waals surface area contributed by atoms with Crippen molar-refractivity contribution in [3.63, 3.8) is 0 Å². The van der Waals surface area contributed by atoms with Gasteiger partial charge in [-0.1, -0.05) is 24.3 Å². The predicted molar refractivity (Wildman–Crippen MR) is 72.9 cm³/mol. The first-order chi connectivity index (χ1) is 9.29. The summed E-state index contributed by atoms with van der Waals surface area (Å²) in [6.45, 7) is 4.51. The van der Waals surface area contributed by atoms with E-state index in [-0.39, 0.29) is 5.97 Å². The van der Waals surface area contributed by atoms with Gasteiger partial charge in [-0.05, 0) is 17.5 Å². The first kappa shape index (κ1) is 14.0. The summed E-state index contributed by atoms with van der Waals surface area (Å²) in [5, 5.41) is 0. The molecule has 1 aromatic rings. The molecular formula is C15H21NO3. The highest BCUT2D eigenvalue weighted by Crippen LogP contribution is 2.14. The van der Waals surface area contributed by atoms with E-state index in [1.807, 2.05) is 18.2 Å². The third-order valence-electron chi connectivity index (χ3n) is 3.39. The van der Waals surface area contributed by atoms with E-state index in [1.54, 1.807) is 0 Å². The van der Waals surface area contributed by atoms with Crippen LogP contribution in [0.25, 0.3) is 0 Å². The molecule has 0 amide bonds. The maximum absolute atomic E-state index is 11.4. The summed E-state index contributed by atoms with van der Waals surface area (Å²) in [6.07, 6.45) is 1.41. The molecule has 0 unspecified atom stereocenters. The van der Waals surface area contributed by atoms with E-state index < -0.39 is 0 Å². The van der Waals surface area contributed by atoms with Gasteiger partial charge >= 0.3 is 5.97 Å². The molecule has 4 heteroatoms. The highest BCUT2D eigenvalue weighted by molar-refractivity contribution is 5.72. The van der Waals surface area contributed by atoms with Crippen LogP contribution >= 0.6 is 0 Å². The molecule has 19 heavy (non-hydrogen) atoms. The second-order valence-electron chi connectivity index (χ2n) is 4.76. The standard InChI is InChI=1S/C15H21NO3/c1-18-15(17)11-13-5-2-3-6-14(13)12-16-7-4-9-19-10-8-16/h2-3,5-6H,4,7-12H2,1H3. The van der Waals surface area contributed by atoms with Crippen LogP contribution in [0.1, 0.15) is 17.5 Å². The van der Waals surface area contributed by atoms with Crippen molar-refractivity contribution in [1.82, 2.24) is 4.90 Å². The Kier molecular flexibility index (Phi) is 5.36. The number of hydrogen-bond donors (Lipinski definition) is 0. The van der Waals surface area contributed by atoms with Crippen LogP contribution in [-0.2, 0) is 27.2 Å². The molecular weight excluding hydrogens is 242 g/mol. The monoisotopic (exact) mass is 263 g/mol. The van der Waals surface area contributed by atoms with E-state index in [2.05, 4.69) is 11.0 Å². The summed E-state index contributed by atoms with van der Waals surface area (Å²) >= 11 is 0. The first-order valence-electron chi connectivity index (χ1n) is 6.73. The Labute approximate surface area is 114 Å². The molecule has 1 aromatic carbocycles. The largest absolute Gasteiger partial charge is 0.469 e. The van der Waals surface area contributed by atoms with E-state index in [0.717, 1.165) is 44.8 Å². The number of esters is 1. The number of carbonyl (C=O) groups excluding carboxylic acids is 1. The zero-order chi connectivity index (χ0) is 13.5. The fourth-order valence-corrected chi connectivity index (χ4v) is 2.31. The number of rotatable bonds is 4. The van der Waals surface area contributed by atoms with Gasteiger partial charge in [-0.3, -0.25) is 9.69 Å². The zero-order valence-electron chi connectivity index (χ0n) is 11.4. The fourth-order valence-electron chi connectivity index (χ4n) is 2.31. The lowest BCUT2D eigenvalue weighted by Gasteiger charge is -2.20. The molecule has 1 fully saturated rings. The lowest BCUT2D eigenvalue weighted by Crippen LogP contribution is -2.26. The molecule has 0 N–H and O–H groups in total. The third kappa shape index (κ3) is 4.33. The Bertz CT molecular complexity index is 412. The van der Waals surface area contributed by atoms with Gasteiger partial charge in [0, 0.05) is 26.2 Å². The van der Waals surface area contributed by atoms with Crippen LogP contribution in [-0.4, -0.2) is 44.3 Å². The van der Waals surface area contributed by atoms with Crippen molar-refractivity contribution >= 4 is 5.97 Å². The molecule has 2 rings (SSSR count). The van der Waals surface area contributed by atoms with Crippen LogP contribution in [0.3, 0.4) is 0 Å². The predicted octanol–water partition coefficient (Wildman–Crippen LogP) is 1.62. The molecule has 104 valence electrons. The molecule has 0 bridgehead atoms. The molecule has 0 spiro atoms. The number of ether oxygens (including phenoxy) is 2. The van der Waals surface area contributed by atoms with E-state index in [4.69, 9.17) is 9.47 Å². The average molecular weight is 263 g/mol. The normalized spacial score (nSPS) is 16.9. The summed E-state index contributed by atoms with van der Waals surface area (Å²) in [7, 11) is 1.43. The van der Waals surface area contributed by atoms with Gasteiger partial charge < -0.3 is 9.47 Å². The van der Waals surface area contributed by atoms with Gasteiger partial charge in [0.2, 0.25) is 0 Å². The zero-order valence-corrected chi connectivity index (χ0v) is 11.4. The van der Waals surface area contributed by atoms with Crippen molar-refractivity contribution < 1.29 is 14.3 Å². The SMILES string of the molecule is COC(=O)Cc1ccccc1CN1CCCOCC1. The van der Waals surface area contributed by atoms with E-state index in [9.17, 15) is 4.79 Å². The fraction of sp³-hybridized carbons (Fsp3) is 0.533. The van der Waals surface area contributed by atoms with Crippen LogP contribution in [0, 0.1) is 0 Å². The van der Waals surface area contributed by atoms with Crippen LogP contribution in [0.4, 0.5) is 0 Å². The molecule has 0 saturated carbocycles. The first-order valence-corrected chi connectivity index (χ1v) is 6.73. The molecule has 1 aliphatic heterocycles. The van der Waals surface area contributed by atoms with Crippen LogP contribution < -0.4 is 0 Å². The Morgan fingerprint density at radius 2 is 2.05 bits per heavy atom. The van der Waals surface area contributed by atoms with Crippen molar-refractivity contribution in [2.24, 2.45) is 0 Å². The topological polar surface area (TPSA) is 38.8 Å². The van der Waals surface area contributed by atoms with Crippen LogP contribution in [0.5, 0.6) is 0 Å². The van der Waals surface area contributed by atoms with Gasteiger partial charge in [0.25, 0.3) is 0 Å². The number of carbonyl (C=O) groups is 1. The Balaban J connectivity index is 2.03. The minimum Gasteiger partial charge on any atom is -0.469 e. The number of hydrogen-bond acceptors (Lipinski definition) is 4. The molecule has 4 nitrogen and oxygen atoms in total. The van der Waals surface area contributed by atoms with Gasteiger partial charge in [-0.2, -0.15) is 0 Å². The molecule has 1 saturated heterocycles. The number of benzene rings is 1. The van der Waals surface area contributed by atoms with Gasteiger partial charge in [0.15, 0.2) is 0 Å². The molecule has 1 heterocycles. The van der Waals surface area contributed by atoms with Crippen molar-refractivity contribution in [2.75, 3.05) is 33.4 Å². The molecule has 1 aliphatic rings. The van der Waals surface area contributed by atoms with Crippen LogP contribution in [0.15, 0.2) is 24.3 Å². The Hall–Kier alpha value is -1.39. The summed E-state index contributed by atoms with van der Waals surface area (Å²) in [6, 6.07) is 8.07. The van der Waals surface area contributed by atoms with Gasteiger partial charge in [0.1, 0.15) is 0 Å². The van der Waals surface area contributed by atoms with E-state index in [0.29, 0.717) is 6.42 Å². The highest BCUT2D eigenvalue weighted by atomic mass is 16.5. The summed E-state index contributed by atoms with van der Waals surface area (Å²) in [5.74, 6) is -0.188. The smallest absolute Gasteiger partial charge is 0.309 e. The van der Waals surface area contributed by atoms with Gasteiger partial charge in [-0.15, -0.1) is 0 Å². The van der Waals surface area contributed by atoms with E-state index in [1.165, 1.54) is 12.7 Å². The summed E-state index contributed by atoms with van der Waals surface area (Å²) in [4.78, 5) is 13.8. The van der Waals surface area contributed by atoms with Gasteiger partial charge in [0.05, 0.1) is 20.1 Å². The maximum Gasteiger partial charge on any atom is 0.309 e. The maximum atomic E-state index is 11.4. The molecule has 0 atom stereocenters. The quantitative estimate of drug-likeness (QED) is 0.774. The van der Waals surface area contributed by atoms with Crippen molar-refractivity contribution in [1.29, 1.82) is 0 Å². The van der Waals surface area contributed by atoms with Crippen molar-refractivity contribution in [3.8, 4) is 0 Å². The Morgan fingerprint density at radius 3 is 2.84 bits per heavy atom. The van der Waals surface area contributed by atoms with Gasteiger partial charge in [-0.25, -0.2) is 0 Å². The van der Waals surface area contributed by atoms with Crippen molar-refractivity contribution in [2.45, 2.75) is 19.4 Å².